The van der Waals surface area contributed by atoms with E-state index in [0.717, 1.165) is 0 Å². The van der Waals surface area contributed by atoms with Crippen LogP contribution in [0.3, 0.4) is 0 Å². The molecule has 0 bridgehead atoms. The van der Waals surface area contributed by atoms with Crippen molar-refractivity contribution in [2.75, 3.05) is 13.2 Å². The van der Waals surface area contributed by atoms with E-state index >= 15 is 0 Å². The number of carbonyl (C=O) groups is 2. The normalized spacial score (nSPS) is 11.8. The lowest BCUT2D eigenvalue weighted by atomic mass is 10.1. The summed E-state index contributed by atoms with van der Waals surface area (Å²) < 4.78 is 11.2. The summed E-state index contributed by atoms with van der Waals surface area (Å²) in [4.78, 5) is 21.4. The summed E-state index contributed by atoms with van der Waals surface area (Å²) in [7, 11) is -2.27. The molecule has 2 N–H and O–H groups in total. The molecule has 18 heavy (non-hydrogen) atoms. The van der Waals surface area contributed by atoms with E-state index in [1.165, 1.54) is 0 Å². The molecule has 0 rings (SSSR count). The Hall–Kier alpha value is -0.923. The highest BCUT2D eigenvalue weighted by Crippen LogP contribution is 2.20. The van der Waals surface area contributed by atoms with E-state index < -0.39 is 26.4 Å². The predicted molar refractivity (Wildman–Crippen MR) is 67.7 cm³/mol. The van der Waals surface area contributed by atoms with Gasteiger partial charge in [0.2, 0.25) is 0 Å². The Morgan fingerprint density at radius 1 is 1.11 bits per heavy atom. The van der Waals surface area contributed by atoms with Crippen LogP contribution in [0.2, 0.25) is 12.6 Å². The summed E-state index contributed by atoms with van der Waals surface area (Å²) in [6.45, 7) is 6.76. The lowest BCUT2D eigenvalue weighted by Crippen LogP contribution is -2.39. The zero-order valence-corrected chi connectivity index (χ0v) is 12.1. The first-order valence-corrected chi connectivity index (χ1v) is 8.62. The van der Waals surface area contributed by atoms with Gasteiger partial charge in [0.25, 0.3) is 0 Å². The lowest BCUT2D eigenvalue weighted by Gasteiger charge is -2.26. The predicted octanol–water partition coefficient (Wildman–Crippen LogP) is 1.70. The smallest absolute Gasteiger partial charge is 0.334 e. The van der Waals surface area contributed by atoms with Crippen molar-refractivity contribution in [3.8, 4) is 0 Å². The van der Waals surface area contributed by atoms with Crippen LogP contribution in [0.5, 0.6) is 0 Å². The molecule has 7 heteroatoms. The van der Waals surface area contributed by atoms with E-state index in [1.54, 1.807) is 0 Å². The molecule has 0 aliphatic heterocycles. The van der Waals surface area contributed by atoms with Crippen LogP contribution in [-0.2, 0) is 18.4 Å². The summed E-state index contributed by atoms with van der Waals surface area (Å²) >= 11 is 0. The molecule has 0 radical (unpaired) electrons. The molecule has 0 unspecified atom stereocenters. The largest absolute Gasteiger partial charge is 0.481 e. The molecular formula is C11H22O6Si. The third kappa shape index (κ3) is 6.13. The first-order valence-electron chi connectivity index (χ1n) is 6.09. The van der Waals surface area contributed by atoms with Crippen molar-refractivity contribution in [2.45, 2.75) is 39.3 Å². The van der Waals surface area contributed by atoms with E-state index in [4.69, 9.17) is 19.1 Å². The minimum atomic E-state index is -2.27. The molecule has 0 atom stereocenters. The molecule has 0 aliphatic rings. The quantitative estimate of drug-likeness (QED) is 0.466. The van der Waals surface area contributed by atoms with Crippen molar-refractivity contribution in [1.29, 1.82) is 0 Å². The van der Waals surface area contributed by atoms with Gasteiger partial charge in [-0.2, -0.15) is 0 Å². The highest BCUT2D eigenvalue weighted by Gasteiger charge is 2.32. The second-order valence-corrected chi connectivity index (χ2v) is 7.47. The van der Waals surface area contributed by atoms with Gasteiger partial charge in [0.15, 0.2) is 5.92 Å². The Balaban J connectivity index is 4.27. The second-order valence-electron chi connectivity index (χ2n) is 4.12. The summed E-state index contributed by atoms with van der Waals surface area (Å²) in [5.41, 5.74) is 0. The number of carboxylic acid groups (broad SMARTS) is 2. The molecule has 0 amide bonds. The van der Waals surface area contributed by atoms with Gasteiger partial charge in [-0.25, -0.2) is 0 Å². The summed E-state index contributed by atoms with van der Waals surface area (Å²) in [6, 6.07) is 0.603. The first-order chi connectivity index (χ1) is 8.36. The standard InChI is InChI=1S/C11H22O6Si/c1-4-16-18(3,17-5-2)8-6-7-9(10(12)13)11(14)15/h9H,4-8H2,1-3H3,(H,12,13)(H,14,15). The average Bonchev–Trinajstić information content (AvgIpc) is 2.24. The zero-order valence-electron chi connectivity index (χ0n) is 11.1. The number of hydrogen-bond donors (Lipinski definition) is 2. The summed E-state index contributed by atoms with van der Waals surface area (Å²) in [5.74, 6) is -3.93. The van der Waals surface area contributed by atoms with Crippen LogP contribution >= 0.6 is 0 Å². The zero-order chi connectivity index (χ0) is 14.2. The van der Waals surface area contributed by atoms with Crippen molar-refractivity contribution in [1.82, 2.24) is 0 Å². The molecule has 0 aliphatic carbocycles. The Morgan fingerprint density at radius 3 is 1.89 bits per heavy atom. The van der Waals surface area contributed by atoms with Gasteiger partial charge in [-0.05, 0) is 39.3 Å². The molecule has 0 heterocycles. The monoisotopic (exact) mass is 278 g/mol. The highest BCUT2D eigenvalue weighted by atomic mass is 28.4. The molecular weight excluding hydrogens is 256 g/mol. The van der Waals surface area contributed by atoms with E-state index in [1.807, 2.05) is 20.4 Å². The molecule has 0 aromatic rings. The van der Waals surface area contributed by atoms with Crippen molar-refractivity contribution in [3.05, 3.63) is 0 Å². The molecule has 106 valence electrons. The Morgan fingerprint density at radius 2 is 1.56 bits per heavy atom. The first kappa shape index (κ1) is 17.1. The van der Waals surface area contributed by atoms with Crippen LogP contribution in [0, 0.1) is 5.92 Å². The fraction of sp³-hybridized carbons (Fsp3) is 0.818. The topological polar surface area (TPSA) is 93.1 Å². The van der Waals surface area contributed by atoms with Gasteiger partial charge in [0.1, 0.15) is 0 Å². The molecule has 0 spiro atoms. The van der Waals surface area contributed by atoms with Gasteiger partial charge < -0.3 is 19.1 Å². The molecule has 6 nitrogen and oxygen atoms in total. The highest BCUT2D eigenvalue weighted by molar-refractivity contribution is 6.66. The molecule has 0 fully saturated rings. The van der Waals surface area contributed by atoms with Crippen LogP contribution < -0.4 is 0 Å². The van der Waals surface area contributed by atoms with Crippen molar-refractivity contribution < 1.29 is 28.7 Å². The van der Waals surface area contributed by atoms with Crippen LogP contribution in [0.25, 0.3) is 0 Å². The van der Waals surface area contributed by atoms with Crippen LogP contribution in [0.15, 0.2) is 0 Å². The SMILES string of the molecule is CCO[Si](C)(CCCC(C(=O)O)C(=O)O)OCC. The van der Waals surface area contributed by atoms with E-state index in [0.29, 0.717) is 25.7 Å². The molecule has 0 aromatic carbocycles. The van der Waals surface area contributed by atoms with Crippen LogP contribution in [0.4, 0.5) is 0 Å². The van der Waals surface area contributed by atoms with Crippen LogP contribution in [-0.4, -0.2) is 43.9 Å². The van der Waals surface area contributed by atoms with Crippen LogP contribution in [0.1, 0.15) is 26.7 Å². The van der Waals surface area contributed by atoms with Gasteiger partial charge in [0, 0.05) is 13.2 Å². The fourth-order valence-electron chi connectivity index (χ4n) is 1.78. The van der Waals surface area contributed by atoms with Crippen molar-refractivity contribution in [3.63, 3.8) is 0 Å². The van der Waals surface area contributed by atoms with Gasteiger partial charge in [-0.3, -0.25) is 9.59 Å². The van der Waals surface area contributed by atoms with E-state index in [-0.39, 0.29) is 6.42 Å². The number of carboxylic acids is 2. The number of hydrogen-bond acceptors (Lipinski definition) is 4. The minimum absolute atomic E-state index is 0.105. The summed E-state index contributed by atoms with van der Waals surface area (Å²) in [5, 5.41) is 17.5. The maximum absolute atomic E-state index is 10.7. The molecule has 0 aromatic heterocycles. The minimum Gasteiger partial charge on any atom is -0.481 e. The number of aliphatic carboxylic acids is 2. The van der Waals surface area contributed by atoms with E-state index in [9.17, 15) is 9.59 Å². The van der Waals surface area contributed by atoms with E-state index in [2.05, 4.69) is 0 Å². The Kier molecular flexibility index (Phi) is 7.80. The molecule has 0 saturated carbocycles. The molecule has 0 saturated heterocycles. The second kappa shape index (κ2) is 8.23. The Bertz CT molecular complexity index is 261. The van der Waals surface area contributed by atoms with Crippen molar-refractivity contribution >= 4 is 20.5 Å². The third-order valence-electron chi connectivity index (χ3n) is 2.62. The lowest BCUT2D eigenvalue weighted by molar-refractivity contribution is -0.154. The fourth-order valence-corrected chi connectivity index (χ4v) is 4.22. The maximum atomic E-state index is 10.7. The van der Waals surface area contributed by atoms with Gasteiger partial charge in [0.05, 0.1) is 0 Å². The van der Waals surface area contributed by atoms with Gasteiger partial charge in [-0.1, -0.05) is 0 Å². The maximum Gasteiger partial charge on any atom is 0.334 e. The average molecular weight is 278 g/mol. The Labute approximate surface area is 108 Å². The summed E-state index contributed by atoms with van der Waals surface area (Å²) in [6.07, 6.45) is 0.583. The van der Waals surface area contributed by atoms with Gasteiger partial charge in [-0.15, -0.1) is 0 Å². The number of rotatable bonds is 10. The van der Waals surface area contributed by atoms with Crippen molar-refractivity contribution in [2.24, 2.45) is 5.92 Å². The van der Waals surface area contributed by atoms with Gasteiger partial charge >= 0.3 is 20.5 Å². The third-order valence-corrected chi connectivity index (χ3v) is 5.68.